The molecule has 0 bridgehead atoms. The molecule has 2 aliphatic rings. The first-order valence-corrected chi connectivity index (χ1v) is 13.2. The van der Waals surface area contributed by atoms with Crippen molar-refractivity contribution in [2.45, 2.75) is 81.3 Å². The Bertz CT molecular complexity index is 642. The number of hydrogen-bond donors (Lipinski definition) is 0. The first-order chi connectivity index (χ1) is 11.3. The van der Waals surface area contributed by atoms with Crippen LogP contribution in [0.5, 0.6) is 0 Å². The maximum absolute atomic E-state index is 2.61. The molecule has 2 aliphatic carbocycles. The van der Waals surface area contributed by atoms with Gasteiger partial charge < -0.3 is 0 Å². The molecule has 0 aromatic carbocycles. The summed E-state index contributed by atoms with van der Waals surface area (Å²) in [4.78, 5) is 0. The van der Waals surface area contributed by atoms with Crippen LogP contribution in [0.25, 0.3) is 0 Å². The van der Waals surface area contributed by atoms with Gasteiger partial charge in [0.15, 0.2) is 0 Å². The number of rotatable bonds is 5. The fraction of sp³-hybridized carbons (Fsp3) is 0.667. The maximum atomic E-state index is 2.61. The van der Waals surface area contributed by atoms with E-state index >= 15 is 0 Å². The van der Waals surface area contributed by atoms with Crippen LogP contribution in [0.15, 0.2) is 45.3 Å². The van der Waals surface area contributed by atoms with Crippen LogP contribution >= 0.6 is 0 Å². The highest BCUT2D eigenvalue weighted by atomic mass is 28.3. The van der Waals surface area contributed by atoms with Crippen molar-refractivity contribution < 1.29 is 0 Å². The molecule has 0 aromatic rings. The molecule has 0 radical (unpaired) electrons. The standard InChI is InChI=1S/C24H40Si/c1-16(2)19-13-20(17(3)4)23(14-19)25(9,10)22-12-11-18(5)21(22)15-24(6,7)8/h11,13-14,16-17,20H,12,15H2,1-10H3. The summed E-state index contributed by atoms with van der Waals surface area (Å²) in [6.45, 7) is 24.1. The second-order valence-electron chi connectivity index (χ2n) is 10.6. The van der Waals surface area contributed by atoms with E-state index in [-0.39, 0.29) is 0 Å². The zero-order valence-electron chi connectivity index (χ0n) is 18.4. The summed E-state index contributed by atoms with van der Waals surface area (Å²) in [5.41, 5.74) is 5.15. The molecule has 0 fully saturated rings. The Morgan fingerprint density at radius 3 is 2.20 bits per heavy atom. The zero-order chi connectivity index (χ0) is 19.2. The van der Waals surface area contributed by atoms with Crippen molar-refractivity contribution in [2.24, 2.45) is 23.2 Å². The maximum Gasteiger partial charge on any atom is 0.104 e. The van der Waals surface area contributed by atoms with Gasteiger partial charge in [0.2, 0.25) is 0 Å². The summed E-state index contributed by atoms with van der Waals surface area (Å²) in [6, 6.07) is 0. The van der Waals surface area contributed by atoms with Gasteiger partial charge in [-0.2, -0.15) is 0 Å². The third kappa shape index (κ3) is 4.30. The molecule has 2 rings (SSSR count). The van der Waals surface area contributed by atoms with Crippen LogP contribution < -0.4 is 0 Å². The predicted octanol–water partition coefficient (Wildman–Crippen LogP) is 7.65. The Kier molecular flexibility index (Phi) is 5.79. The van der Waals surface area contributed by atoms with Gasteiger partial charge in [0.25, 0.3) is 0 Å². The van der Waals surface area contributed by atoms with E-state index in [1.54, 1.807) is 27.1 Å². The van der Waals surface area contributed by atoms with Gasteiger partial charge in [0, 0.05) is 0 Å². The third-order valence-corrected chi connectivity index (χ3v) is 10.0. The van der Waals surface area contributed by atoms with Crippen molar-refractivity contribution in [1.82, 2.24) is 0 Å². The van der Waals surface area contributed by atoms with E-state index in [1.807, 2.05) is 0 Å². The zero-order valence-corrected chi connectivity index (χ0v) is 19.4. The molecule has 0 aliphatic heterocycles. The lowest BCUT2D eigenvalue weighted by atomic mass is 9.86. The van der Waals surface area contributed by atoms with Gasteiger partial charge in [0.05, 0.1) is 0 Å². The summed E-state index contributed by atoms with van der Waals surface area (Å²) in [7, 11) is -1.62. The average Bonchev–Trinajstić information content (AvgIpc) is 3.03. The van der Waals surface area contributed by atoms with Crippen molar-refractivity contribution >= 4 is 8.07 Å². The van der Waals surface area contributed by atoms with E-state index in [0.29, 0.717) is 23.2 Å². The third-order valence-electron chi connectivity index (χ3n) is 6.07. The Balaban J connectivity index is 2.48. The lowest BCUT2D eigenvalue weighted by molar-refractivity contribution is 0.411. The van der Waals surface area contributed by atoms with Gasteiger partial charge in [-0.15, -0.1) is 0 Å². The lowest BCUT2D eigenvalue weighted by Gasteiger charge is -2.34. The molecular weight excluding hydrogens is 316 g/mol. The van der Waals surface area contributed by atoms with Gasteiger partial charge in [0.1, 0.15) is 8.07 Å². The molecule has 1 atom stereocenters. The van der Waals surface area contributed by atoms with E-state index in [2.05, 4.69) is 86.7 Å². The van der Waals surface area contributed by atoms with Gasteiger partial charge in [-0.25, -0.2) is 0 Å². The molecule has 0 N–H and O–H groups in total. The molecular formula is C24H40Si. The monoisotopic (exact) mass is 356 g/mol. The number of hydrogen-bond acceptors (Lipinski definition) is 0. The molecule has 25 heavy (non-hydrogen) atoms. The molecule has 0 amide bonds. The van der Waals surface area contributed by atoms with Crippen molar-refractivity contribution in [3.8, 4) is 0 Å². The minimum absolute atomic E-state index is 0.355. The molecule has 140 valence electrons. The van der Waals surface area contributed by atoms with E-state index in [4.69, 9.17) is 0 Å². The molecule has 0 saturated heterocycles. The van der Waals surface area contributed by atoms with Gasteiger partial charge in [-0.3, -0.25) is 0 Å². The van der Waals surface area contributed by atoms with Crippen LogP contribution in [0.4, 0.5) is 0 Å². The summed E-state index contributed by atoms with van der Waals surface area (Å²) < 4.78 is 0. The van der Waals surface area contributed by atoms with E-state index < -0.39 is 8.07 Å². The van der Waals surface area contributed by atoms with E-state index in [1.165, 1.54) is 12.8 Å². The van der Waals surface area contributed by atoms with Crippen molar-refractivity contribution in [1.29, 1.82) is 0 Å². The molecule has 0 spiro atoms. The molecule has 0 saturated carbocycles. The molecule has 0 heterocycles. The van der Waals surface area contributed by atoms with Crippen LogP contribution in [-0.2, 0) is 0 Å². The summed E-state index contributed by atoms with van der Waals surface area (Å²) >= 11 is 0. The second kappa shape index (κ2) is 7.06. The molecule has 1 unspecified atom stereocenters. The molecule has 1 heteroatoms. The van der Waals surface area contributed by atoms with Gasteiger partial charge in [-0.1, -0.05) is 95.8 Å². The van der Waals surface area contributed by atoms with Crippen LogP contribution in [-0.4, -0.2) is 8.07 Å². The van der Waals surface area contributed by atoms with Gasteiger partial charge >= 0.3 is 0 Å². The quantitative estimate of drug-likeness (QED) is 0.444. The normalized spacial score (nSPS) is 22.1. The van der Waals surface area contributed by atoms with Crippen molar-refractivity contribution in [2.75, 3.05) is 0 Å². The molecule has 0 nitrogen and oxygen atoms in total. The Hall–Kier alpha value is -0.823. The second-order valence-corrected chi connectivity index (χ2v) is 15.0. The summed E-state index contributed by atoms with van der Waals surface area (Å²) in [6.07, 6.45) is 10.1. The minimum atomic E-state index is -1.62. The van der Waals surface area contributed by atoms with Crippen LogP contribution in [0, 0.1) is 23.2 Å². The van der Waals surface area contributed by atoms with E-state index in [0.717, 1.165) is 0 Å². The Morgan fingerprint density at radius 2 is 1.72 bits per heavy atom. The Morgan fingerprint density at radius 1 is 1.12 bits per heavy atom. The SMILES string of the molecule is CC1=CCC([Si](C)(C)C2=CC(C(C)C)=CC2C(C)C)=C1CC(C)(C)C. The largest absolute Gasteiger partial charge is 0.104 e. The highest BCUT2D eigenvalue weighted by molar-refractivity contribution is 6.91. The highest BCUT2D eigenvalue weighted by Crippen LogP contribution is 2.46. The van der Waals surface area contributed by atoms with Crippen LogP contribution in [0.2, 0.25) is 13.1 Å². The van der Waals surface area contributed by atoms with Crippen molar-refractivity contribution in [3.05, 3.63) is 45.3 Å². The summed E-state index contributed by atoms with van der Waals surface area (Å²) in [5, 5.41) is 3.57. The first kappa shape index (κ1) is 20.5. The van der Waals surface area contributed by atoms with Gasteiger partial charge in [-0.05, 0) is 54.1 Å². The van der Waals surface area contributed by atoms with Crippen molar-refractivity contribution in [3.63, 3.8) is 0 Å². The minimum Gasteiger partial charge on any atom is -0.0776 e. The predicted molar refractivity (Wildman–Crippen MR) is 116 cm³/mol. The smallest absolute Gasteiger partial charge is 0.0776 e. The Labute approximate surface area is 158 Å². The lowest BCUT2D eigenvalue weighted by Crippen LogP contribution is -2.36. The first-order valence-electron chi connectivity index (χ1n) is 10.2. The summed E-state index contributed by atoms with van der Waals surface area (Å²) in [5.74, 6) is 1.97. The highest BCUT2D eigenvalue weighted by Gasteiger charge is 2.40. The number of allylic oxidation sites excluding steroid dienone is 8. The average molecular weight is 357 g/mol. The molecule has 0 aromatic heterocycles. The van der Waals surface area contributed by atoms with Crippen LogP contribution in [0.1, 0.15) is 68.2 Å². The fourth-order valence-corrected chi connectivity index (χ4v) is 8.23. The van der Waals surface area contributed by atoms with E-state index in [9.17, 15) is 0 Å². The fourth-order valence-electron chi connectivity index (χ4n) is 4.45. The topological polar surface area (TPSA) is 0 Å². The van der Waals surface area contributed by atoms with Crippen LogP contribution in [0.3, 0.4) is 0 Å².